The van der Waals surface area contributed by atoms with E-state index in [1.165, 1.54) is 11.8 Å². The van der Waals surface area contributed by atoms with Gasteiger partial charge in [-0.3, -0.25) is 4.79 Å². The molecule has 6 nitrogen and oxygen atoms in total. The third-order valence-electron chi connectivity index (χ3n) is 3.97. The van der Waals surface area contributed by atoms with Crippen LogP contribution in [0.5, 0.6) is 5.75 Å². The van der Waals surface area contributed by atoms with Crippen molar-refractivity contribution in [3.05, 3.63) is 51.5 Å². The second-order valence-corrected chi connectivity index (χ2v) is 8.05. The van der Waals surface area contributed by atoms with E-state index in [4.69, 9.17) is 39.5 Å². The van der Waals surface area contributed by atoms with E-state index >= 15 is 0 Å². The third-order valence-corrected chi connectivity index (χ3v) is 5.91. The summed E-state index contributed by atoms with van der Waals surface area (Å²) in [7, 11) is 1.59. The molecule has 0 bridgehead atoms. The number of hydrogen-bond acceptors (Lipinski definition) is 5. The number of aromatic nitrogens is 3. The molecule has 3 aromatic rings. The number of nitrogens with zero attached hydrogens (tertiary/aromatic N) is 3. The highest BCUT2D eigenvalue weighted by Gasteiger charge is 2.18. The number of rotatable bonds is 7. The molecule has 152 valence electrons. The lowest BCUT2D eigenvalue weighted by Crippen LogP contribution is -2.14. The molecule has 0 aliphatic heterocycles. The molecule has 0 aliphatic rings. The summed E-state index contributed by atoms with van der Waals surface area (Å²) in [5, 5.41) is 13.3. The average Bonchev–Trinajstić information content (AvgIpc) is 3.12. The van der Waals surface area contributed by atoms with Gasteiger partial charge in [-0.2, -0.15) is 0 Å². The molecule has 0 spiro atoms. The van der Waals surface area contributed by atoms with Crippen molar-refractivity contribution in [1.29, 1.82) is 0 Å². The van der Waals surface area contributed by atoms with Crippen LogP contribution in [0.3, 0.4) is 0 Å². The van der Waals surface area contributed by atoms with Gasteiger partial charge in [0.05, 0.1) is 28.5 Å². The number of amides is 1. The van der Waals surface area contributed by atoms with Gasteiger partial charge in [0.1, 0.15) is 5.75 Å². The van der Waals surface area contributed by atoms with E-state index in [0.717, 1.165) is 5.56 Å². The highest BCUT2D eigenvalue weighted by molar-refractivity contribution is 7.99. The van der Waals surface area contributed by atoms with Gasteiger partial charge in [-0.25, -0.2) is 0 Å². The van der Waals surface area contributed by atoms with Crippen molar-refractivity contribution in [2.24, 2.45) is 0 Å². The van der Waals surface area contributed by atoms with Crippen LogP contribution < -0.4 is 10.1 Å². The second-order valence-electron chi connectivity index (χ2n) is 5.86. The number of ether oxygens (including phenoxy) is 1. The Bertz CT molecular complexity index is 1040. The lowest BCUT2D eigenvalue weighted by Gasteiger charge is -2.11. The Morgan fingerprint density at radius 2 is 1.93 bits per heavy atom. The van der Waals surface area contributed by atoms with Crippen LogP contribution in [0.15, 0.2) is 41.6 Å². The summed E-state index contributed by atoms with van der Waals surface area (Å²) >= 11 is 19.3. The molecule has 0 saturated carbocycles. The normalized spacial score (nSPS) is 10.8. The maximum atomic E-state index is 12.3. The molecular formula is C19H17Cl3N4O2S. The Labute approximate surface area is 187 Å². The van der Waals surface area contributed by atoms with Crippen LogP contribution in [0.4, 0.5) is 5.69 Å². The summed E-state index contributed by atoms with van der Waals surface area (Å²) < 4.78 is 7.32. The van der Waals surface area contributed by atoms with Gasteiger partial charge in [0.25, 0.3) is 0 Å². The first-order chi connectivity index (χ1) is 13.9. The van der Waals surface area contributed by atoms with Gasteiger partial charge in [0, 0.05) is 17.3 Å². The van der Waals surface area contributed by atoms with Crippen molar-refractivity contribution < 1.29 is 9.53 Å². The molecule has 1 amide bonds. The maximum Gasteiger partial charge on any atom is 0.234 e. The summed E-state index contributed by atoms with van der Waals surface area (Å²) in [6.07, 6.45) is 0. The predicted molar refractivity (Wildman–Crippen MR) is 119 cm³/mol. The van der Waals surface area contributed by atoms with E-state index in [2.05, 4.69) is 15.5 Å². The van der Waals surface area contributed by atoms with E-state index in [1.54, 1.807) is 43.5 Å². The van der Waals surface area contributed by atoms with Crippen molar-refractivity contribution in [3.63, 3.8) is 0 Å². The van der Waals surface area contributed by atoms with Crippen molar-refractivity contribution in [3.8, 4) is 17.1 Å². The number of hydrogen-bond donors (Lipinski definition) is 1. The lowest BCUT2D eigenvalue weighted by molar-refractivity contribution is -0.113. The fraction of sp³-hybridized carbons (Fsp3) is 0.211. The minimum atomic E-state index is -0.194. The number of carbonyl (C=O) groups excluding carboxylic acids is 1. The highest BCUT2D eigenvalue weighted by atomic mass is 35.5. The first-order valence-corrected chi connectivity index (χ1v) is 10.7. The zero-order valence-electron chi connectivity index (χ0n) is 15.6. The first kappa shape index (κ1) is 21.8. The van der Waals surface area contributed by atoms with Gasteiger partial charge in [-0.15, -0.1) is 10.2 Å². The molecule has 0 radical (unpaired) electrons. The number of halogens is 3. The Morgan fingerprint density at radius 3 is 2.62 bits per heavy atom. The molecule has 1 heterocycles. The minimum absolute atomic E-state index is 0.158. The van der Waals surface area contributed by atoms with Crippen LogP contribution in [0.1, 0.15) is 6.92 Å². The van der Waals surface area contributed by atoms with Crippen LogP contribution in [0.25, 0.3) is 11.4 Å². The number of methoxy groups -OCH3 is 1. The minimum Gasteiger partial charge on any atom is -0.496 e. The molecule has 0 saturated heterocycles. The summed E-state index contributed by atoms with van der Waals surface area (Å²) in [6.45, 7) is 2.60. The van der Waals surface area contributed by atoms with Crippen molar-refractivity contribution in [1.82, 2.24) is 14.8 Å². The van der Waals surface area contributed by atoms with Crippen LogP contribution >= 0.6 is 46.6 Å². The van der Waals surface area contributed by atoms with Gasteiger partial charge < -0.3 is 14.6 Å². The predicted octanol–water partition coefficient (Wildman–Crippen LogP) is 5.66. The van der Waals surface area contributed by atoms with Gasteiger partial charge in [-0.1, -0.05) is 46.6 Å². The topological polar surface area (TPSA) is 69.0 Å². The first-order valence-electron chi connectivity index (χ1n) is 8.57. The average molecular weight is 472 g/mol. The summed E-state index contributed by atoms with van der Waals surface area (Å²) in [6, 6.07) is 10.2. The van der Waals surface area contributed by atoms with Crippen LogP contribution in [-0.2, 0) is 11.3 Å². The fourth-order valence-electron chi connectivity index (χ4n) is 2.64. The summed E-state index contributed by atoms with van der Waals surface area (Å²) in [5.41, 5.74) is 1.31. The third kappa shape index (κ3) is 5.17. The maximum absolute atomic E-state index is 12.3. The number of anilines is 1. The van der Waals surface area contributed by atoms with Crippen LogP contribution in [-0.4, -0.2) is 33.5 Å². The van der Waals surface area contributed by atoms with E-state index in [1.807, 2.05) is 11.5 Å². The molecular weight excluding hydrogens is 455 g/mol. The zero-order valence-corrected chi connectivity index (χ0v) is 18.7. The second kappa shape index (κ2) is 9.71. The highest BCUT2D eigenvalue weighted by Crippen LogP contribution is 2.33. The van der Waals surface area contributed by atoms with E-state index in [9.17, 15) is 4.79 Å². The van der Waals surface area contributed by atoms with Crippen LogP contribution in [0.2, 0.25) is 15.1 Å². The molecule has 29 heavy (non-hydrogen) atoms. The Morgan fingerprint density at radius 1 is 1.14 bits per heavy atom. The standard InChI is InChI=1S/C19H17Cl3N4O2S/c1-3-26-18(13-8-11(20)4-7-16(13)28-2)24-25-19(26)29-10-17(27)23-12-5-6-14(21)15(22)9-12/h4-9H,3,10H2,1-2H3,(H,23,27). The number of benzene rings is 2. The SMILES string of the molecule is CCn1c(SCC(=O)Nc2ccc(Cl)c(Cl)c2)nnc1-c1cc(Cl)ccc1OC. The summed E-state index contributed by atoms with van der Waals surface area (Å²) in [4.78, 5) is 12.3. The van der Waals surface area contributed by atoms with E-state index in [0.29, 0.717) is 44.0 Å². The lowest BCUT2D eigenvalue weighted by atomic mass is 10.2. The number of nitrogens with one attached hydrogen (secondary N) is 1. The fourth-order valence-corrected chi connectivity index (χ4v) is 3.91. The van der Waals surface area contributed by atoms with Crippen molar-refractivity contribution >= 4 is 58.2 Å². The van der Waals surface area contributed by atoms with Gasteiger partial charge in [0.2, 0.25) is 5.91 Å². The van der Waals surface area contributed by atoms with Gasteiger partial charge in [-0.05, 0) is 43.3 Å². The van der Waals surface area contributed by atoms with Crippen molar-refractivity contribution in [2.75, 3.05) is 18.2 Å². The van der Waals surface area contributed by atoms with Gasteiger partial charge >= 0.3 is 0 Å². The number of thioether (sulfide) groups is 1. The molecule has 0 atom stereocenters. The van der Waals surface area contributed by atoms with Gasteiger partial charge in [0.15, 0.2) is 11.0 Å². The Hall–Kier alpha value is -1.93. The van der Waals surface area contributed by atoms with Crippen LogP contribution in [0, 0.1) is 0 Å². The Balaban J connectivity index is 1.75. The smallest absolute Gasteiger partial charge is 0.234 e. The van der Waals surface area contributed by atoms with Crippen molar-refractivity contribution in [2.45, 2.75) is 18.6 Å². The monoisotopic (exact) mass is 470 g/mol. The molecule has 10 heteroatoms. The summed E-state index contributed by atoms with van der Waals surface area (Å²) in [5.74, 6) is 1.23. The number of carbonyl (C=O) groups is 1. The molecule has 0 fully saturated rings. The molecule has 1 N–H and O–H groups in total. The molecule has 1 aromatic heterocycles. The molecule has 2 aromatic carbocycles. The van der Waals surface area contributed by atoms with E-state index < -0.39 is 0 Å². The Kier molecular flexibility index (Phi) is 7.29. The largest absolute Gasteiger partial charge is 0.496 e. The zero-order chi connectivity index (χ0) is 21.0. The van der Waals surface area contributed by atoms with E-state index in [-0.39, 0.29) is 11.7 Å². The molecule has 0 unspecified atom stereocenters. The quantitative estimate of drug-likeness (QED) is 0.450. The molecule has 0 aliphatic carbocycles. The molecule has 3 rings (SSSR count).